The van der Waals surface area contributed by atoms with Crippen LogP contribution in [0.4, 0.5) is 45.5 Å². The van der Waals surface area contributed by atoms with E-state index < -0.39 is 0 Å². The monoisotopic (exact) mass is 1150 g/mol. The minimum Gasteiger partial charge on any atom is -0.454 e. The Labute approximate surface area is 518 Å². The highest BCUT2D eigenvalue weighted by molar-refractivity contribution is 7.32. The quantitative estimate of drug-likeness (QED) is 0.155. The van der Waals surface area contributed by atoms with Gasteiger partial charge in [-0.05, 0) is 179 Å². The van der Waals surface area contributed by atoms with Crippen LogP contribution in [0.15, 0.2) is 211 Å². The van der Waals surface area contributed by atoms with Gasteiger partial charge in [0.05, 0.1) is 11.4 Å². The standard InChI is InChI=1S/C81H76BN3OS/c1-77(2,3)51-25-33-55(34-26-51)83(56-35-27-52(28-36-56)78(4,5)6)59-41-43-67-62(45-59)63-46-64-65-47-66-60-22-18-19-23-70(60)86-75(66)74-72(65)82(85(69(64)48-68(63)81(67,13)14)58-39-31-54(32-40-58)80(10,11)12)76-73(84(74)57-37-29-53(30-38-57)79(7,8)9)61-42-24-50(44-71(61)87-76)49-20-16-15-17-21-49/h15-48H,1-14H3. The molecule has 0 N–H and O–H groups in total. The number of furan rings is 1. The van der Waals surface area contributed by atoms with Crippen LogP contribution in [0.5, 0.6) is 0 Å². The van der Waals surface area contributed by atoms with Crippen LogP contribution in [0, 0.1) is 0 Å². The predicted octanol–water partition coefficient (Wildman–Crippen LogP) is 22.1. The molecule has 0 unspecified atom stereocenters. The second-order valence-corrected chi connectivity index (χ2v) is 30.5. The molecular weight excluding hydrogens is 1070 g/mol. The first-order valence-corrected chi connectivity index (χ1v) is 32.0. The molecule has 0 radical (unpaired) electrons. The SMILES string of the molecule is CC(C)(C)c1ccc(N2B3c4sc5cc(-c6ccccc6)ccc5c4N(c4ccc(C(C)(C)C)cc4)c4c3c(cc3c4oc4ccccc43)-c3cc4c(cc32)C(C)(C)c2ccc(N(c3ccc(C(C)(C)C)cc3)c3ccc(C(C)(C)C)cc3)cc2-4)cc1. The zero-order chi connectivity index (χ0) is 60.4. The van der Waals surface area contributed by atoms with Crippen molar-refractivity contribution in [1.29, 1.82) is 0 Å². The van der Waals surface area contributed by atoms with E-state index in [2.05, 4.69) is 318 Å². The topological polar surface area (TPSA) is 22.9 Å². The van der Waals surface area contributed by atoms with Crippen molar-refractivity contribution in [1.82, 2.24) is 0 Å². The van der Waals surface area contributed by atoms with Crippen LogP contribution in [-0.2, 0) is 27.1 Å². The van der Waals surface area contributed by atoms with Gasteiger partial charge in [0.15, 0.2) is 5.58 Å². The lowest BCUT2D eigenvalue weighted by Crippen LogP contribution is -2.60. The van der Waals surface area contributed by atoms with Gasteiger partial charge in [-0.25, -0.2) is 0 Å². The molecule has 87 heavy (non-hydrogen) atoms. The highest BCUT2D eigenvalue weighted by Crippen LogP contribution is 2.58. The van der Waals surface area contributed by atoms with Crippen molar-refractivity contribution in [2.24, 2.45) is 0 Å². The summed E-state index contributed by atoms with van der Waals surface area (Å²) in [6.45, 7) is 32.3. The smallest absolute Gasteiger partial charge is 0.343 e. The molecule has 0 saturated carbocycles. The van der Waals surface area contributed by atoms with Gasteiger partial charge in [-0.1, -0.05) is 212 Å². The summed E-state index contributed by atoms with van der Waals surface area (Å²) in [5.41, 5.74) is 27.3. The van der Waals surface area contributed by atoms with Crippen LogP contribution in [0.2, 0.25) is 0 Å². The molecule has 12 aromatic rings. The minimum atomic E-state index is -0.317. The third kappa shape index (κ3) is 8.75. The summed E-state index contributed by atoms with van der Waals surface area (Å²) in [6.07, 6.45) is 0. The number of anilines is 8. The Kier molecular flexibility index (Phi) is 12.2. The molecule has 0 amide bonds. The summed E-state index contributed by atoms with van der Waals surface area (Å²) in [5.74, 6) is 0. The van der Waals surface area contributed by atoms with E-state index in [1.165, 1.54) is 98.5 Å². The Balaban J connectivity index is 1.02. The summed E-state index contributed by atoms with van der Waals surface area (Å²) in [4.78, 5) is 7.76. The van der Waals surface area contributed by atoms with E-state index in [9.17, 15) is 0 Å². The maximum absolute atomic E-state index is 7.36. The van der Waals surface area contributed by atoms with Crippen molar-refractivity contribution in [3.05, 3.63) is 240 Å². The first-order valence-electron chi connectivity index (χ1n) is 31.2. The summed E-state index contributed by atoms with van der Waals surface area (Å²) >= 11 is 1.94. The number of nitrogens with zero attached hydrogens (tertiary/aromatic N) is 3. The molecule has 0 bridgehead atoms. The normalized spacial score (nSPS) is 14.3. The molecule has 0 atom stereocenters. The third-order valence-corrected chi connectivity index (χ3v) is 20.5. The van der Waals surface area contributed by atoms with Crippen LogP contribution in [0.1, 0.15) is 130 Å². The Hall–Kier alpha value is -8.58. The molecule has 15 rings (SSSR count). The van der Waals surface area contributed by atoms with E-state index in [0.717, 1.165) is 56.1 Å². The number of fused-ring (bicyclic) bond motifs is 13. The van der Waals surface area contributed by atoms with Crippen LogP contribution in [0.25, 0.3) is 65.4 Å². The van der Waals surface area contributed by atoms with E-state index in [1.54, 1.807) is 0 Å². The predicted molar refractivity (Wildman–Crippen MR) is 375 cm³/mol. The summed E-state index contributed by atoms with van der Waals surface area (Å²) in [5, 5.41) is 3.46. The molecule has 4 nitrogen and oxygen atoms in total. The van der Waals surface area contributed by atoms with Gasteiger partial charge in [-0.2, -0.15) is 0 Å². The molecule has 4 heterocycles. The van der Waals surface area contributed by atoms with Crippen molar-refractivity contribution < 1.29 is 4.42 Å². The van der Waals surface area contributed by atoms with Crippen LogP contribution >= 0.6 is 11.3 Å². The molecular formula is C81H76BN3OS. The van der Waals surface area contributed by atoms with Crippen molar-refractivity contribution in [2.45, 2.75) is 124 Å². The van der Waals surface area contributed by atoms with Gasteiger partial charge in [0.2, 0.25) is 0 Å². The van der Waals surface area contributed by atoms with Gasteiger partial charge in [-0.15, -0.1) is 11.3 Å². The van der Waals surface area contributed by atoms with Crippen molar-refractivity contribution in [2.75, 3.05) is 14.6 Å². The number of thiophene rings is 1. The number of hydrogen-bond donors (Lipinski definition) is 0. The lowest BCUT2D eigenvalue weighted by atomic mass is 9.46. The number of para-hydroxylation sites is 1. The van der Waals surface area contributed by atoms with Gasteiger partial charge in [0, 0.05) is 70.7 Å². The summed E-state index contributed by atoms with van der Waals surface area (Å²) in [7, 11) is 0. The maximum Gasteiger partial charge on any atom is 0.343 e. The summed E-state index contributed by atoms with van der Waals surface area (Å²) < 4.78 is 9.92. The van der Waals surface area contributed by atoms with Crippen LogP contribution < -0.4 is 24.9 Å². The largest absolute Gasteiger partial charge is 0.454 e. The minimum absolute atomic E-state index is 0.0217. The summed E-state index contributed by atoms with van der Waals surface area (Å²) in [6, 6.07) is 79.0. The molecule has 2 aromatic heterocycles. The Bertz CT molecular complexity index is 4670. The molecule has 6 heteroatoms. The highest BCUT2D eigenvalue weighted by atomic mass is 32.1. The average molecular weight is 1150 g/mol. The van der Waals surface area contributed by atoms with Gasteiger partial charge in [0.1, 0.15) is 5.58 Å². The van der Waals surface area contributed by atoms with Gasteiger partial charge < -0.3 is 19.0 Å². The average Bonchev–Trinajstić information content (AvgIpc) is 1.65. The Morgan fingerprint density at radius 2 is 0.966 bits per heavy atom. The molecule has 3 aliphatic rings. The van der Waals surface area contributed by atoms with E-state index >= 15 is 0 Å². The van der Waals surface area contributed by atoms with E-state index in [1.807, 2.05) is 11.3 Å². The molecule has 2 aliphatic heterocycles. The Morgan fingerprint density at radius 3 is 1.56 bits per heavy atom. The second-order valence-electron chi connectivity index (χ2n) is 29.5. The van der Waals surface area contributed by atoms with Gasteiger partial charge in [0.25, 0.3) is 0 Å². The fourth-order valence-corrected chi connectivity index (χ4v) is 15.6. The molecule has 1 aliphatic carbocycles. The molecule has 10 aromatic carbocycles. The molecule has 0 spiro atoms. The fourth-order valence-electron chi connectivity index (χ4n) is 14.3. The number of hydrogen-bond acceptors (Lipinski definition) is 5. The Morgan fingerprint density at radius 1 is 0.425 bits per heavy atom. The van der Waals surface area contributed by atoms with Crippen LogP contribution in [-0.4, -0.2) is 6.85 Å². The van der Waals surface area contributed by atoms with E-state index in [4.69, 9.17) is 4.42 Å². The zero-order valence-corrected chi connectivity index (χ0v) is 53.7. The molecule has 0 fully saturated rings. The van der Waals surface area contributed by atoms with Gasteiger partial charge in [-0.3, -0.25) is 0 Å². The lowest BCUT2D eigenvalue weighted by molar-refractivity contribution is 0.590. The van der Waals surface area contributed by atoms with E-state index in [-0.39, 0.29) is 33.9 Å². The maximum atomic E-state index is 7.36. The lowest BCUT2D eigenvalue weighted by Gasteiger charge is -2.45. The van der Waals surface area contributed by atoms with Crippen molar-refractivity contribution >= 4 is 106 Å². The highest BCUT2D eigenvalue weighted by Gasteiger charge is 2.50. The number of rotatable bonds is 6. The van der Waals surface area contributed by atoms with Crippen molar-refractivity contribution in [3.63, 3.8) is 0 Å². The van der Waals surface area contributed by atoms with Crippen LogP contribution in [0.3, 0.4) is 0 Å². The van der Waals surface area contributed by atoms with Crippen molar-refractivity contribution in [3.8, 4) is 33.4 Å². The first kappa shape index (κ1) is 55.0. The van der Waals surface area contributed by atoms with E-state index in [0.29, 0.717) is 0 Å². The molecule has 0 saturated heterocycles. The second kappa shape index (κ2) is 19.2. The third-order valence-electron chi connectivity index (χ3n) is 19.3. The zero-order valence-electron chi connectivity index (χ0n) is 52.9. The molecule has 430 valence electrons. The first-order chi connectivity index (χ1) is 41.4. The number of benzene rings is 10. The fraction of sp³-hybridized carbons (Fsp3) is 0.235. The van der Waals surface area contributed by atoms with Gasteiger partial charge >= 0.3 is 6.85 Å².